The van der Waals surface area contributed by atoms with Gasteiger partial charge in [0.15, 0.2) is 5.69 Å². The number of aromatic nitrogens is 2. The Bertz CT molecular complexity index is 2800. The van der Waals surface area contributed by atoms with Crippen LogP contribution in [-0.2, 0) is 0 Å². The van der Waals surface area contributed by atoms with Gasteiger partial charge < -0.3 is 4.57 Å². The van der Waals surface area contributed by atoms with E-state index in [1.54, 1.807) is 0 Å². The van der Waals surface area contributed by atoms with E-state index in [9.17, 15) is 0 Å². The monoisotopic (exact) mass is 613 g/mol. The SMILES string of the molecule is c1ccc(-c2ccc3c(c2)c2cc(-c4cc5c6c(c4)c4ccccc4n6C4[NH2+]c6ccccc6N=C54)ccc2n3-c2ccccc2)cc1. The molecule has 0 saturated carbocycles. The van der Waals surface area contributed by atoms with Crippen LogP contribution in [0.2, 0.25) is 0 Å². The van der Waals surface area contributed by atoms with Gasteiger partial charge in [-0.15, -0.1) is 0 Å². The summed E-state index contributed by atoms with van der Waals surface area (Å²) in [5, 5.41) is 7.46. The number of rotatable bonds is 3. The molecule has 224 valence electrons. The first-order valence-electron chi connectivity index (χ1n) is 16.6. The van der Waals surface area contributed by atoms with Gasteiger partial charge in [0.05, 0.1) is 22.1 Å². The molecule has 4 heterocycles. The summed E-state index contributed by atoms with van der Waals surface area (Å²) in [6.07, 6.45) is 0.0790. The summed E-state index contributed by atoms with van der Waals surface area (Å²) in [5.41, 5.74) is 15.6. The third-order valence-corrected chi connectivity index (χ3v) is 10.4. The third-order valence-electron chi connectivity index (χ3n) is 10.4. The molecule has 0 radical (unpaired) electrons. The van der Waals surface area contributed by atoms with Gasteiger partial charge in [-0.1, -0.05) is 91.0 Å². The molecule has 11 rings (SSSR count). The molecule has 2 N–H and O–H groups in total. The van der Waals surface area contributed by atoms with Crippen LogP contribution in [-0.4, -0.2) is 14.8 Å². The summed E-state index contributed by atoms with van der Waals surface area (Å²) in [4.78, 5) is 5.29. The Morgan fingerprint density at radius 3 is 1.92 bits per heavy atom. The number of fused-ring (bicyclic) bond motifs is 10. The predicted octanol–water partition coefficient (Wildman–Crippen LogP) is 10.1. The van der Waals surface area contributed by atoms with Crippen molar-refractivity contribution in [2.24, 2.45) is 4.99 Å². The quantitative estimate of drug-likeness (QED) is 0.193. The normalized spacial score (nSPS) is 14.9. The van der Waals surface area contributed by atoms with Gasteiger partial charge in [-0.2, -0.15) is 0 Å². The molecule has 0 aliphatic carbocycles. The van der Waals surface area contributed by atoms with Crippen LogP contribution in [0.15, 0.2) is 163 Å². The average molecular weight is 614 g/mol. The van der Waals surface area contributed by atoms with Gasteiger partial charge in [0.2, 0.25) is 6.17 Å². The van der Waals surface area contributed by atoms with E-state index in [4.69, 9.17) is 4.99 Å². The minimum absolute atomic E-state index is 0.0790. The van der Waals surface area contributed by atoms with E-state index in [1.807, 2.05) is 0 Å². The highest BCUT2D eigenvalue weighted by Gasteiger charge is 2.39. The fourth-order valence-electron chi connectivity index (χ4n) is 8.24. The Morgan fingerprint density at radius 2 is 1.12 bits per heavy atom. The minimum Gasteiger partial charge on any atom is -0.309 e. The Labute approximate surface area is 276 Å². The van der Waals surface area contributed by atoms with E-state index in [0.717, 1.165) is 17.1 Å². The largest absolute Gasteiger partial charge is 0.309 e. The molecular weight excluding hydrogens is 585 g/mol. The van der Waals surface area contributed by atoms with E-state index >= 15 is 0 Å². The second kappa shape index (κ2) is 9.64. The first-order valence-corrected chi connectivity index (χ1v) is 16.6. The second-order valence-electron chi connectivity index (χ2n) is 13.0. The number of para-hydroxylation sites is 4. The van der Waals surface area contributed by atoms with Crippen LogP contribution in [0.25, 0.3) is 71.6 Å². The van der Waals surface area contributed by atoms with Gasteiger partial charge in [-0.05, 0) is 82.9 Å². The summed E-state index contributed by atoms with van der Waals surface area (Å²) in [7, 11) is 0. The van der Waals surface area contributed by atoms with Crippen molar-refractivity contribution in [1.29, 1.82) is 0 Å². The Balaban J connectivity index is 1.18. The lowest BCUT2D eigenvalue weighted by molar-refractivity contribution is -0.614. The van der Waals surface area contributed by atoms with Crippen molar-refractivity contribution < 1.29 is 5.32 Å². The zero-order chi connectivity index (χ0) is 31.3. The summed E-state index contributed by atoms with van der Waals surface area (Å²) in [5.74, 6) is 0. The molecule has 7 aromatic carbocycles. The summed E-state index contributed by atoms with van der Waals surface area (Å²) >= 11 is 0. The standard InChI is InChI=1S/C44H28N4/c1-3-11-27(12-4-1)28-19-21-40-33(23-28)34-24-29(20-22-41(34)47(40)31-13-5-2-6-14-31)30-25-35-32-15-7-10-18-39(32)48-43(35)36(26-30)42-44(48)46-38-17-9-8-16-37(38)45-42/h1-26,44,46H/p+1. The molecule has 0 fully saturated rings. The van der Waals surface area contributed by atoms with Crippen molar-refractivity contribution in [1.82, 2.24) is 9.13 Å². The van der Waals surface area contributed by atoms with Crippen LogP contribution >= 0.6 is 0 Å². The molecule has 9 aromatic rings. The highest BCUT2D eigenvalue weighted by Crippen LogP contribution is 2.45. The molecule has 0 amide bonds. The molecule has 4 heteroatoms. The van der Waals surface area contributed by atoms with Crippen LogP contribution in [0.3, 0.4) is 0 Å². The zero-order valence-corrected chi connectivity index (χ0v) is 26.0. The van der Waals surface area contributed by atoms with Gasteiger partial charge in [0, 0.05) is 38.9 Å². The van der Waals surface area contributed by atoms with Crippen LogP contribution in [0.5, 0.6) is 0 Å². The molecule has 0 saturated heterocycles. The number of hydrogen-bond donors (Lipinski definition) is 1. The van der Waals surface area contributed by atoms with E-state index < -0.39 is 0 Å². The molecule has 0 bridgehead atoms. The minimum atomic E-state index is 0.0790. The van der Waals surface area contributed by atoms with Crippen LogP contribution in [0.1, 0.15) is 11.7 Å². The van der Waals surface area contributed by atoms with Crippen LogP contribution < -0.4 is 5.32 Å². The topological polar surface area (TPSA) is 38.8 Å². The van der Waals surface area contributed by atoms with Crippen LogP contribution in [0.4, 0.5) is 11.4 Å². The molecule has 2 aliphatic rings. The van der Waals surface area contributed by atoms with Gasteiger partial charge in [-0.25, -0.2) is 4.99 Å². The number of nitrogens with two attached hydrogens (primary N) is 1. The average Bonchev–Trinajstić information content (AvgIpc) is 3.78. The van der Waals surface area contributed by atoms with Crippen molar-refractivity contribution >= 4 is 60.7 Å². The smallest absolute Gasteiger partial charge is 0.215 e. The predicted molar refractivity (Wildman–Crippen MR) is 198 cm³/mol. The summed E-state index contributed by atoms with van der Waals surface area (Å²) < 4.78 is 4.90. The molecular formula is C44H29N4+. The lowest BCUT2D eigenvalue weighted by atomic mass is 9.95. The van der Waals surface area contributed by atoms with Crippen LogP contribution in [0, 0.1) is 0 Å². The Hall–Kier alpha value is -6.23. The van der Waals surface area contributed by atoms with Gasteiger partial charge >= 0.3 is 0 Å². The Morgan fingerprint density at radius 1 is 0.479 bits per heavy atom. The van der Waals surface area contributed by atoms with Crippen molar-refractivity contribution in [2.75, 3.05) is 0 Å². The molecule has 1 atom stereocenters. The molecule has 2 aromatic heterocycles. The maximum Gasteiger partial charge on any atom is 0.215 e. The van der Waals surface area contributed by atoms with Gasteiger partial charge in [-0.3, -0.25) is 9.88 Å². The van der Waals surface area contributed by atoms with Gasteiger partial charge in [0.1, 0.15) is 11.4 Å². The molecule has 4 nitrogen and oxygen atoms in total. The van der Waals surface area contributed by atoms with E-state index in [2.05, 4.69) is 172 Å². The maximum absolute atomic E-state index is 5.29. The summed E-state index contributed by atoms with van der Waals surface area (Å²) in [6, 6.07) is 57.4. The highest BCUT2D eigenvalue weighted by molar-refractivity contribution is 6.24. The van der Waals surface area contributed by atoms with E-state index in [1.165, 1.54) is 77.1 Å². The first kappa shape index (κ1) is 25.9. The fourth-order valence-corrected chi connectivity index (χ4v) is 8.24. The number of benzene rings is 7. The third kappa shape index (κ3) is 3.55. The lowest BCUT2D eigenvalue weighted by Crippen LogP contribution is -2.82. The molecule has 0 spiro atoms. The van der Waals surface area contributed by atoms with Crippen molar-refractivity contribution in [3.05, 3.63) is 163 Å². The second-order valence-corrected chi connectivity index (χ2v) is 13.0. The number of hydrogen-bond acceptors (Lipinski definition) is 1. The number of aliphatic imine (C=N–C) groups is 1. The summed E-state index contributed by atoms with van der Waals surface area (Å²) in [6.45, 7) is 0. The zero-order valence-electron chi connectivity index (χ0n) is 26.0. The van der Waals surface area contributed by atoms with Crippen molar-refractivity contribution in [3.63, 3.8) is 0 Å². The van der Waals surface area contributed by atoms with Gasteiger partial charge in [0.25, 0.3) is 0 Å². The fraction of sp³-hybridized carbons (Fsp3) is 0.0227. The van der Waals surface area contributed by atoms with Crippen molar-refractivity contribution in [2.45, 2.75) is 6.17 Å². The number of quaternary nitrogens is 1. The van der Waals surface area contributed by atoms with E-state index in [0.29, 0.717) is 0 Å². The Kier molecular flexibility index (Phi) is 5.20. The highest BCUT2D eigenvalue weighted by atomic mass is 15.2. The molecule has 1 unspecified atom stereocenters. The maximum atomic E-state index is 5.29. The molecule has 2 aliphatic heterocycles. The van der Waals surface area contributed by atoms with Crippen molar-refractivity contribution in [3.8, 4) is 27.9 Å². The number of nitrogens with zero attached hydrogens (tertiary/aromatic N) is 3. The van der Waals surface area contributed by atoms with E-state index in [-0.39, 0.29) is 6.17 Å². The molecule has 48 heavy (non-hydrogen) atoms. The first-order chi connectivity index (χ1) is 23.8. The lowest BCUT2D eigenvalue weighted by Gasteiger charge is -2.20.